The van der Waals surface area contributed by atoms with Gasteiger partial charge in [0.1, 0.15) is 6.10 Å². The zero-order valence-corrected chi connectivity index (χ0v) is 13.0. The molecule has 4 nitrogen and oxygen atoms in total. The number of carbonyl (C=O) groups is 1. The van der Waals surface area contributed by atoms with Gasteiger partial charge in [0.15, 0.2) is 0 Å². The fraction of sp³-hybridized carbons (Fsp3) is 0.267. The minimum atomic E-state index is -0.0197. The summed E-state index contributed by atoms with van der Waals surface area (Å²) >= 11 is 1.66. The van der Waals surface area contributed by atoms with Crippen LogP contribution in [-0.2, 0) is 4.74 Å². The molecule has 3 rings (SSSR count). The maximum atomic E-state index is 12.5. The summed E-state index contributed by atoms with van der Waals surface area (Å²) in [4.78, 5) is 15.5. The fourth-order valence-corrected chi connectivity index (χ4v) is 3.10. The number of rotatable bonds is 2. The summed E-state index contributed by atoms with van der Waals surface area (Å²) in [6.07, 6.45) is -0.0197. The van der Waals surface area contributed by atoms with Crippen molar-refractivity contribution in [3.8, 4) is 0 Å². The van der Waals surface area contributed by atoms with Gasteiger partial charge in [-0.25, -0.2) is 0 Å². The number of nitrogen functional groups attached to an aromatic ring is 1. The van der Waals surface area contributed by atoms with Crippen LogP contribution in [-0.4, -0.2) is 30.5 Å². The zero-order chi connectivity index (χ0) is 13.9. The van der Waals surface area contributed by atoms with Crippen molar-refractivity contribution in [2.24, 2.45) is 0 Å². The summed E-state index contributed by atoms with van der Waals surface area (Å²) in [5.41, 5.74) is 6.98. The second kappa shape index (κ2) is 6.93. The molecule has 112 valence electrons. The molecule has 1 aromatic heterocycles. The van der Waals surface area contributed by atoms with Gasteiger partial charge in [-0.2, -0.15) is 0 Å². The van der Waals surface area contributed by atoms with Crippen LogP contribution in [0.1, 0.15) is 21.3 Å². The summed E-state index contributed by atoms with van der Waals surface area (Å²) in [7, 11) is 0. The normalized spacial score (nSPS) is 18.1. The Morgan fingerprint density at radius 1 is 1.33 bits per heavy atom. The van der Waals surface area contributed by atoms with E-state index in [2.05, 4.69) is 0 Å². The predicted molar refractivity (Wildman–Crippen MR) is 87.0 cm³/mol. The van der Waals surface area contributed by atoms with Crippen molar-refractivity contribution >= 4 is 35.3 Å². The minimum Gasteiger partial charge on any atom is -0.399 e. The van der Waals surface area contributed by atoms with Crippen LogP contribution in [0.5, 0.6) is 0 Å². The molecule has 1 atom stereocenters. The maximum Gasteiger partial charge on any atom is 0.254 e. The lowest BCUT2D eigenvalue weighted by atomic mass is 10.1. The van der Waals surface area contributed by atoms with E-state index in [-0.39, 0.29) is 24.4 Å². The molecule has 1 unspecified atom stereocenters. The Hall–Kier alpha value is -1.56. The molecular weight excluding hydrogens is 308 g/mol. The van der Waals surface area contributed by atoms with Crippen LogP contribution in [0.3, 0.4) is 0 Å². The number of thiophene rings is 1. The topological polar surface area (TPSA) is 55.6 Å². The number of benzene rings is 1. The number of morpholine rings is 1. The van der Waals surface area contributed by atoms with Gasteiger partial charge in [0, 0.05) is 22.7 Å². The third kappa shape index (κ3) is 3.56. The molecule has 0 bridgehead atoms. The van der Waals surface area contributed by atoms with E-state index in [9.17, 15) is 4.79 Å². The highest BCUT2D eigenvalue weighted by Crippen LogP contribution is 2.26. The van der Waals surface area contributed by atoms with Crippen molar-refractivity contribution in [2.45, 2.75) is 6.10 Å². The van der Waals surface area contributed by atoms with Gasteiger partial charge in [-0.1, -0.05) is 12.1 Å². The van der Waals surface area contributed by atoms with Crippen LogP contribution < -0.4 is 5.73 Å². The molecule has 6 heteroatoms. The highest BCUT2D eigenvalue weighted by Gasteiger charge is 2.26. The molecular formula is C15H17ClN2O2S. The SMILES string of the molecule is Cl.Nc1cccc(C(=O)N2CCOC(c3cccs3)C2)c1. The molecule has 0 aliphatic carbocycles. The van der Waals surface area contributed by atoms with Gasteiger partial charge in [-0.3, -0.25) is 4.79 Å². The second-order valence-electron chi connectivity index (χ2n) is 4.75. The Kier molecular flexibility index (Phi) is 5.22. The second-order valence-corrected chi connectivity index (χ2v) is 5.73. The molecule has 21 heavy (non-hydrogen) atoms. The first-order valence-corrected chi connectivity index (χ1v) is 7.42. The number of carbonyl (C=O) groups excluding carboxylic acids is 1. The van der Waals surface area contributed by atoms with Gasteiger partial charge >= 0.3 is 0 Å². The average molecular weight is 325 g/mol. The Bertz CT molecular complexity index is 603. The summed E-state index contributed by atoms with van der Waals surface area (Å²) in [6, 6.07) is 11.2. The number of anilines is 1. The largest absolute Gasteiger partial charge is 0.399 e. The van der Waals surface area contributed by atoms with Crippen LogP contribution in [0.25, 0.3) is 0 Å². The number of hydrogen-bond donors (Lipinski definition) is 1. The van der Waals surface area contributed by atoms with E-state index in [0.717, 1.165) is 4.88 Å². The molecule has 1 saturated heterocycles. The van der Waals surface area contributed by atoms with Crippen LogP contribution in [0.15, 0.2) is 41.8 Å². The van der Waals surface area contributed by atoms with Gasteiger partial charge in [-0.05, 0) is 29.6 Å². The van der Waals surface area contributed by atoms with E-state index < -0.39 is 0 Å². The first kappa shape index (κ1) is 15.8. The third-order valence-electron chi connectivity index (χ3n) is 3.35. The first-order valence-electron chi connectivity index (χ1n) is 6.54. The van der Waals surface area contributed by atoms with Crippen LogP contribution in [0.2, 0.25) is 0 Å². The van der Waals surface area contributed by atoms with Crippen molar-refractivity contribution in [2.75, 3.05) is 25.4 Å². The van der Waals surface area contributed by atoms with Crippen LogP contribution >= 0.6 is 23.7 Å². The summed E-state index contributed by atoms with van der Waals surface area (Å²) in [5.74, 6) is 0.0159. The number of nitrogens with two attached hydrogens (primary N) is 1. The van der Waals surface area contributed by atoms with Crippen molar-refractivity contribution in [3.05, 3.63) is 52.2 Å². The zero-order valence-electron chi connectivity index (χ0n) is 11.4. The van der Waals surface area contributed by atoms with Crippen molar-refractivity contribution in [1.29, 1.82) is 0 Å². The molecule has 1 aliphatic heterocycles. The molecule has 2 heterocycles. The van der Waals surface area contributed by atoms with E-state index in [0.29, 0.717) is 30.9 Å². The smallest absolute Gasteiger partial charge is 0.254 e. The molecule has 0 saturated carbocycles. The van der Waals surface area contributed by atoms with E-state index in [1.54, 1.807) is 35.6 Å². The number of nitrogens with zero attached hydrogens (tertiary/aromatic N) is 1. The minimum absolute atomic E-state index is 0. The standard InChI is InChI=1S/C15H16N2O2S.ClH/c16-12-4-1-3-11(9-12)15(18)17-6-7-19-13(10-17)14-5-2-8-20-14;/h1-5,8-9,13H,6-7,10,16H2;1H. The average Bonchev–Trinajstić information content (AvgIpc) is 3.01. The Balaban J connectivity index is 0.00000161. The summed E-state index contributed by atoms with van der Waals surface area (Å²) < 4.78 is 5.75. The number of amides is 1. The molecule has 1 amide bonds. The lowest BCUT2D eigenvalue weighted by Gasteiger charge is -2.32. The first-order chi connectivity index (χ1) is 9.74. The van der Waals surface area contributed by atoms with Gasteiger partial charge in [0.05, 0.1) is 13.2 Å². The van der Waals surface area contributed by atoms with Gasteiger partial charge in [0.25, 0.3) is 5.91 Å². The Labute approximate surface area is 133 Å². The quantitative estimate of drug-likeness (QED) is 0.864. The molecule has 2 N–H and O–H groups in total. The fourth-order valence-electron chi connectivity index (χ4n) is 2.33. The van der Waals surface area contributed by atoms with E-state index in [1.165, 1.54) is 0 Å². The van der Waals surface area contributed by atoms with Gasteiger partial charge in [0.2, 0.25) is 0 Å². The number of halogens is 1. The van der Waals surface area contributed by atoms with Crippen LogP contribution in [0.4, 0.5) is 5.69 Å². The Morgan fingerprint density at radius 2 is 2.19 bits per heavy atom. The summed E-state index contributed by atoms with van der Waals surface area (Å²) in [6.45, 7) is 1.78. The van der Waals surface area contributed by atoms with Crippen molar-refractivity contribution in [3.63, 3.8) is 0 Å². The molecule has 2 aromatic rings. The lowest BCUT2D eigenvalue weighted by molar-refractivity contribution is -0.0211. The van der Waals surface area contributed by atoms with Crippen molar-refractivity contribution < 1.29 is 9.53 Å². The maximum absolute atomic E-state index is 12.5. The van der Waals surface area contributed by atoms with Crippen LogP contribution in [0, 0.1) is 0 Å². The lowest BCUT2D eigenvalue weighted by Crippen LogP contribution is -2.42. The number of ether oxygens (including phenoxy) is 1. The van der Waals surface area contributed by atoms with Gasteiger partial charge in [-0.15, -0.1) is 23.7 Å². The van der Waals surface area contributed by atoms with E-state index >= 15 is 0 Å². The Morgan fingerprint density at radius 3 is 2.90 bits per heavy atom. The van der Waals surface area contributed by atoms with Gasteiger partial charge < -0.3 is 15.4 Å². The highest BCUT2D eigenvalue weighted by atomic mass is 35.5. The molecule has 0 spiro atoms. The summed E-state index contributed by atoms with van der Waals surface area (Å²) in [5, 5.41) is 2.03. The van der Waals surface area contributed by atoms with E-state index in [1.807, 2.05) is 22.4 Å². The highest BCUT2D eigenvalue weighted by molar-refractivity contribution is 7.10. The predicted octanol–water partition coefficient (Wildman–Crippen LogP) is 2.97. The number of hydrogen-bond acceptors (Lipinski definition) is 4. The molecule has 1 aliphatic rings. The van der Waals surface area contributed by atoms with Crippen molar-refractivity contribution in [1.82, 2.24) is 4.90 Å². The molecule has 1 fully saturated rings. The van der Waals surface area contributed by atoms with E-state index in [4.69, 9.17) is 10.5 Å². The monoisotopic (exact) mass is 324 g/mol. The molecule has 0 radical (unpaired) electrons. The molecule has 1 aromatic carbocycles. The third-order valence-corrected chi connectivity index (χ3v) is 4.31.